The van der Waals surface area contributed by atoms with Crippen molar-refractivity contribution >= 4 is 33.7 Å². The summed E-state index contributed by atoms with van der Waals surface area (Å²) in [6.45, 7) is 4.15. The number of carboxylic acids is 1. The van der Waals surface area contributed by atoms with Crippen molar-refractivity contribution in [2.45, 2.75) is 24.8 Å². The Morgan fingerprint density at radius 3 is 2.89 bits per heavy atom. The van der Waals surface area contributed by atoms with Crippen LogP contribution in [-0.4, -0.2) is 35.3 Å². The third-order valence-electron chi connectivity index (χ3n) is 3.71. The molecule has 1 atom stereocenters. The Labute approximate surface area is 126 Å². The fraction of sp³-hybridized carbons (Fsp3) is 0.500. The second kappa shape index (κ2) is 5.85. The van der Waals surface area contributed by atoms with Crippen LogP contribution in [0.5, 0.6) is 0 Å². The Balaban J connectivity index is 2.09. The summed E-state index contributed by atoms with van der Waals surface area (Å²) in [6, 6.07) is 6.28. The van der Waals surface area contributed by atoms with E-state index >= 15 is 0 Å². The quantitative estimate of drug-likeness (QED) is 0.850. The maximum atomic E-state index is 11.3. The second-order valence-electron chi connectivity index (χ2n) is 5.28. The van der Waals surface area contributed by atoms with Crippen molar-refractivity contribution in [3.05, 3.63) is 28.2 Å². The van der Waals surface area contributed by atoms with Crippen molar-refractivity contribution in [3.63, 3.8) is 0 Å². The van der Waals surface area contributed by atoms with E-state index in [-0.39, 0.29) is 0 Å². The molecule has 0 radical (unpaired) electrons. The Hall–Kier alpha value is -0.520. The van der Waals surface area contributed by atoms with Crippen LogP contribution in [0.3, 0.4) is 0 Å². The summed E-state index contributed by atoms with van der Waals surface area (Å²) < 4.78 is 1.08. The van der Waals surface area contributed by atoms with Gasteiger partial charge in [-0.25, -0.2) is 0 Å². The third-order valence-corrected chi connectivity index (χ3v) is 5.02. The van der Waals surface area contributed by atoms with Crippen molar-refractivity contribution in [2.75, 3.05) is 19.3 Å². The van der Waals surface area contributed by atoms with E-state index in [9.17, 15) is 9.90 Å². The molecule has 0 spiro atoms. The van der Waals surface area contributed by atoms with E-state index in [4.69, 9.17) is 0 Å². The van der Waals surface area contributed by atoms with Gasteiger partial charge in [0.2, 0.25) is 0 Å². The summed E-state index contributed by atoms with van der Waals surface area (Å²) >= 11 is 5.21. The van der Waals surface area contributed by atoms with Gasteiger partial charge in [0, 0.05) is 22.5 Å². The van der Waals surface area contributed by atoms with Gasteiger partial charge in [-0.15, -0.1) is 11.8 Å². The molecule has 0 amide bonds. The first-order valence-electron chi connectivity index (χ1n) is 6.23. The number of hydrogen-bond acceptors (Lipinski definition) is 3. The molecule has 104 valence electrons. The monoisotopic (exact) mass is 343 g/mol. The van der Waals surface area contributed by atoms with Gasteiger partial charge >= 0.3 is 5.97 Å². The predicted octanol–water partition coefficient (Wildman–Crippen LogP) is 3.47. The second-order valence-corrected chi connectivity index (χ2v) is 7.05. The summed E-state index contributed by atoms with van der Waals surface area (Å²) in [5.41, 5.74) is 0.680. The molecule has 1 aliphatic rings. The number of rotatable bonds is 4. The van der Waals surface area contributed by atoms with Crippen LogP contribution in [-0.2, 0) is 11.3 Å². The zero-order valence-electron chi connectivity index (χ0n) is 11.1. The van der Waals surface area contributed by atoms with Gasteiger partial charge in [-0.05, 0) is 43.8 Å². The highest BCUT2D eigenvalue weighted by atomic mass is 79.9. The molecule has 2 rings (SSSR count). The highest BCUT2D eigenvalue weighted by molar-refractivity contribution is 9.10. The van der Waals surface area contributed by atoms with Gasteiger partial charge in [0.25, 0.3) is 0 Å². The van der Waals surface area contributed by atoms with Crippen LogP contribution in [0.1, 0.15) is 18.9 Å². The number of carbonyl (C=O) groups is 1. The Morgan fingerprint density at radius 1 is 1.58 bits per heavy atom. The molecule has 0 aromatic heterocycles. The maximum absolute atomic E-state index is 11.3. The minimum atomic E-state index is -0.684. The van der Waals surface area contributed by atoms with E-state index in [1.165, 1.54) is 10.5 Å². The van der Waals surface area contributed by atoms with Gasteiger partial charge in [0.1, 0.15) is 0 Å². The van der Waals surface area contributed by atoms with Crippen molar-refractivity contribution in [2.24, 2.45) is 5.41 Å². The first-order valence-corrected chi connectivity index (χ1v) is 8.24. The smallest absolute Gasteiger partial charge is 0.310 e. The van der Waals surface area contributed by atoms with Crippen molar-refractivity contribution in [1.29, 1.82) is 0 Å². The lowest BCUT2D eigenvalue weighted by Crippen LogP contribution is -2.31. The average molecular weight is 344 g/mol. The molecule has 1 aromatic carbocycles. The van der Waals surface area contributed by atoms with Crippen LogP contribution in [0.15, 0.2) is 27.6 Å². The Morgan fingerprint density at radius 2 is 2.32 bits per heavy atom. The van der Waals surface area contributed by atoms with Gasteiger partial charge in [-0.1, -0.05) is 22.0 Å². The molecule has 1 fully saturated rings. The van der Waals surface area contributed by atoms with Crippen molar-refractivity contribution in [3.8, 4) is 0 Å². The van der Waals surface area contributed by atoms with Crippen LogP contribution in [0.2, 0.25) is 0 Å². The van der Waals surface area contributed by atoms with Gasteiger partial charge < -0.3 is 5.11 Å². The molecular formula is C14H18BrNO2S. The Kier molecular flexibility index (Phi) is 4.58. The zero-order valence-corrected chi connectivity index (χ0v) is 13.6. The standard InChI is InChI=1S/C14H18BrNO2S/c1-14(13(17)18)5-6-16(9-14)8-10-3-4-11(15)7-12(10)19-2/h3-4,7H,5-6,8-9H2,1-2H3,(H,17,18). The number of hydrogen-bond donors (Lipinski definition) is 1. The lowest BCUT2D eigenvalue weighted by Gasteiger charge is -2.21. The largest absolute Gasteiger partial charge is 0.481 e. The van der Waals surface area contributed by atoms with E-state index in [2.05, 4.69) is 39.2 Å². The topological polar surface area (TPSA) is 40.5 Å². The fourth-order valence-electron chi connectivity index (χ4n) is 2.46. The average Bonchev–Trinajstić information content (AvgIpc) is 2.74. The van der Waals surface area contributed by atoms with Crippen LogP contribution in [0, 0.1) is 5.41 Å². The number of halogens is 1. The highest BCUT2D eigenvalue weighted by Gasteiger charge is 2.40. The number of likely N-dealkylation sites (tertiary alicyclic amines) is 1. The number of nitrogens with zero attached hydrogens (tertiary/aromatic N) is 1. The van der Waals surface area contributed by atoms with Crippen LogP contribution < -0.4 is 0 Å². The van der Waals surface area contributed by atoms with Crippen LogP contribution >= 0.6 is 27.7 Å². The summed E-state index contributed by atoms with van der Waals surface area (Å²) in [4.78, 5) is 14.7. The van der Waals surface area contributed by atoms with E-state index in [1.54, 1.807) is 11.8 Å². The zero-order chi connectivity index (χ0) is 14.0. The molecule has 1 heterocycles. The lowest BCUT2D eigenvalue weighted by atomic mass is 9.90. The molecule has 0 saturated carbocycles. The molecule has 1 aromatic rings. The first kappa shape index (κ1) is 14.9. The fourth-order valence-corrected chi connectivity index (χ4v) is 3.61. The van der Waals surface area contributed by atoms with E-state index in [0.717, 1.165) is 24.0 Å². The van der Waals surface area contributed by atoms with Gasteiger partial charge in [0.15, 0.2) is 0 Å². The molecular weight excluding hydrogens is 326 g/mol. The minimum Gasteiger partial charge on any atom is -0.481 e. The van der Waals surface area contributed by atoms with Gasteiger partial charge in [-0.2, -0.15) is 0 Å². The number of thioether (sulfide) groups is 1. The number of benzene rings is 1. The molecule has 1 aliphatic heterocycles. The summed E-state index contributed by atoms with van der Waals surface area (Å²) in [5, 5.41) is 9.26. The molecule has 1 saturated heterocycles. The molecule has 3 nitrogen and oxygen atoms in total. The van der Waals surface area contributed by atoms with Crippen LogP contribution in [0.25, 0.3) is 0 Å². The van der Waals surface area contributed by atoms with Gasteiger partial charge in [-0.3, -0.25) is 9.69 Å². The first-order chi connectivity index (χ1) is 8.94. The Bertz CT molecular complexity index is 494. The van der Waals surface area contributed by atoms with E-state index in [1.807, 2.05) is 13.0 Å². The van der Waals surface area contributed by atoms with E-state index < -0.39 is 11.4 Å². The normalized spacial score (nSPS) is 23.7. The third kappa shape index (κ3) is 3.33. The number of aliphatic carboxylic acids is 1. The molecule has 1 N–H and O–H groups in total. The van der Waals surface area contributed by atoms with Crippen molar-refractivity contribution < 1.29 is 9.90 Å². The molecule has 5 heteroatoms. The molecule has 0 aliphatic carbocycles. The molecule has 1 unspecified atom stereocenters. The molecule has 19 heavy (non-hydrogen) atoms. The van der Waals surface area contributed by atoms with Crippen LogP contribution in [0.4, 0.5) is 0 Å². The highest BCUT2D eigenvalue weighted by Crippen LogP contribution is 2.33. The number of carboxylic acid groups (broad SMARTS) is 1. The maximum Gasteiger partial charge on any atom is 0.310 e. The minimum absolute atomic E-state index is 0.588. The SMILES string of the molecule is CSc1cc(Br)ccc1CN1CCC(C)(C(=O)O)C1. The summed E-state index contributed by atoms with van der Waals surface area (Å²) in [5.74, 6) is -0.684. The van der Waals surface area contributed by atoms with Crippen molar-refractivity contribution in [1.82, 2.24) is 4.90 Å². The molecule has 0 bridgehead atoms. The van der Waals surface area contributed by atoms with Gasteiger partial charge in [0.05, 0.1) is 5.41 Å². The summed E-state index contributed by atoms with van der Waals surface area (Å²) in [6.07, 6.45) is 2.80. The predicted molar refractivity (Wildman–Crippen MR) is 81.6 cm³/mol. The van der Waals surface area contributed by atoms with E-state index in [0.29, 0.717) is 6.54 Å². The lowest BCUT2D eigenvalue weighted by molar-refractivity contribution is -0.147. The summed E-state index contributed by atoms with van der Waals surface area (Å²) in [7, 11) is 0.